The van der Waals surface area contributed by atoms with Crippen molar-refractivity contribution in [3.63, 3.8) is 0 Å². The molecular weight excluding hydrogens is 393 g/mol. The fraction of sp³-hybridized carbons (Fsp3) is 0.368. The maximum absolute atomic E-state index is 14.5. The van der Waals surface area contributed by atoms with E-state index in [1.807, 2.05) is 28.7 Å². The first-order chi connectivity index (χ1) is 10.5. The van der Waals surface area contributed by atoms with Gasteiger partial charge >= 0.3 is 0 Å². The number of benzene rings is 2. The third-order valence-electron chi connectivity index (χ3n) is 4.71. The van der Waals surface area contributed by atoms with E-state index >= 15 is 0 Å². The van der Waals surface area contributed by atoms with Crippen molar-refractivity contribution in [1.29, 1.82) is 0 Å². The van der Waals surface area contributed by atoms with E-state index in [2.05, 4.69) is 6.92 Å². The van der Waals surface area contributed by atoms with E-state index in [1.165, 1.54) is 18.9 Å². The zero-order valence-electron chi connectivity index (χ0n) is 12.6. The topological polar surface area (TPSA) is 0 Å². The van der Waals surface area contributed by atoms with Crippen molar-refractivity contribution in [2.24, 2.45) is 5.92 Å². The molecule has 0 heterocycles. The number of halogens is 3. The lowest BCUT2D eigenvalue weighted by Crippen LogP contribution is -2.11. The van der Waals surface area contributed by atoms with Gasteiger partial charge in [-0.1, -0.05) is 38.0 Å². The smallest absolute Gasteiger partial charge is 0.137 e. The Morgan fingerprint density at radius 2 is 1.64 bits per heavy atom. The first kappa shape index (κ1) is 15.9. The van der Waals surface area contributed by atoms with E-state index in [9.17, 15) is 8.78 Å². The fourth-order valence-electron chi connectivity index (χ4n) is 3.28. The Morgan fingerprint density at radius 1 is 0.909 bits per heavy atom. The molecule has 0 nitrogen and oxygen atoms in total. The first-order valence-corrected chi connectivity index (χ1v) is 8.87. The van der Waals surface area contributed by atoms with Crippen LogP contribution < -0.4 is 0 Å². The van der Waals surface area contributed by atoms with Gasteiger partial charge in [-0.25, -0.2) is 8.78 Å². The van der Waals surface area contributed by atoms with Crippen LogP contribution in [0.4, 0.5) is 8.78 Å². The van der Waals surface area contributed by atoms with Crippen LogP contribution >= 0.6 is 22.6 Å². The molecule has 0 aliphatic heterocycles. The van der Waals surface area contributed by atoms with E-state index in [0.29, 0.717) is 20.6 Å². The van der Waals surface area contributed by atoms with E-state index in [4.69, 9.17) is 0 Å². The lowest BCUT2D eigenvalue weighted by atomic mass is 9.79. The molecule has 0 amide bonds. The summed E-state index contributed by atoms with van der Waals surface area (Å²) in [6.07, 6.45) is 4.71. The molecule has 3 heteroatoms. The van der Waals surface area contributed by atoms with Crippen LogP contribution in [-0.2, 0) is 0 Å². The third-order valence-corrected chi connectivity index (χ3v) is 5.59. The molecule has 2 aromatic carbocycles. The second kappa shape index (κ2) is 6.65. The highest BCUT2D eigenvalue weighted by Gasteiger charge is 2.20. The van der Waals surface area contributed by atoms with Crippen LogP contribution in [0.15, 0.2) is 36.4 Å². The van der Waals surface area contributed by atoms with Crippen molar-refractivity contribution < 1.29 is 8.78 Å². The minimum Gasteiger partial charge on any atom is -0.206 e. The molecule has 22 heavy (non-hydrogen) atoms. The van der Waals surface area contributed by atoms with Gasteiger partial charge in [-0.15, -0.1) is 0 Å². The normalized spacial score (nSPS) is 21.8. The molecule has 0 spiro atoms. The van der Waals surface area contributed by atoms with E-state index in [1.54, 1.807) is 24.3 Å². The Morgan fingerprint density at radius 3 is 2.27 bits per heavy atom. The maximum Gasteiger partial charge on any atom is 0.137 e. The van der Waals surface area contributed by atoms with Crippen molar-refractivity contribution in [2.75, 3.05) is 0 Å². The Balaban J connectivity index is 1.87. The van der Waals surface area contributed by atoms with Crippen LogP contribution in [0.3, 0.4) is 0 Å². The average molecular weight is 412 g/mol. The summed E-state index contributed by atoms with van der Waals surface area (Å²) < 4.78 is 28.7. The molecule has 0 atom stereocenters. The SMILES string of the molecule is CC1CCC(c2ccc(-c3ccc(I)c(F)c3)c(F)c2)CC1. The average Bonchev–Trinajstić information content (AvgIpc) is 2.51. The number of hydrogen-bond acceptors (Lipinski definition) is 0. The maximum atomic E-state index is 14.5. The Kier molecular flexibility index (Phi) is 4.81. The van der Waals surface area contributed by atoms with E-state index in [0.717, 1.165) is 24.3 Å². The third kappa shape index (κ3) is 3.34. The zero-order valence-corrected chi connectivity index (χ0v) is 14.7. The van der Waals surface area contributed by atoms with Gasteiger partial charge in [-0.3, -0.25) is 0 Å². The standard InChI is InChI=1S/C19H19F2I/c1-12-2-4-13(5-3-12)14-6-8-16(17(20)10-14)15-7-9-19(22)18(21)11-15/h6-13H,2-5H2,1H3. The Hall–Kier alpha value is -0.970. The second-order valence-corrected chi connectivity index (χ2v) is 7.49. The molecule has 3 rings (SSSR count). The minimum absolute atomic E-state index is 0.253. The van der Waals surface area contributed by atoms with Gasteiger partial charge in [0.2, 0.25) is 0 Å². The summed E-state index contributed by atoms with van der Waals surface area (Å²) in [6.45, 7) is 2.28. The summed E-state index contributed by atoms with van der Waals surface area (Å²) in [5.74, 6) is 0.697. The van der Waals surface area contributed by atoms with Crippen LogP contribution in [-0.4, -0.2) is 0 Å². The fourth-order valence-corrected chi connectivity index (χ4v) is 3.61. The molecule has 116 valence electrons. The monoisotopic (exact) mass is 412 g/mol. The van der Waals surface area contributed by atoms with Crippen LogP contribution in [0.1, 0.15) is 44.1 Å². The predicted molar refractivity (Wildman–Crippen MR) is 94.9 cm³/mol. The quantitative estimate of drug-likeness (QED) is 0.492. The van der Waals surface area contributed by atoms with Crippen LogP contribution in [0.2, 0.25) is 0 Å². The van der Waals surface area contributed by atoms with Gasteiger partial charge in [0.05, 0.1) is 0 Å². The molecule has 0 N–H and O–H groups in total. The summed E-state index contributed by atoms with van der Waals surface area (Å²) in [5, 5.41) is 0. The Labute approximate surface area is 144 Å². The lowest BCUT2D eigenvalue weighted by molar-refractivity contribution is 0.347. The molecule has 0 saturated heterocycles. The van der Waals surface area contributed by atoms with Crippen molar-refractivity contribution >= 4 is 22.6 Å². The van der Waals surface area contributed by atoms with Gasteiger partial charge in [0, 0.05) is 9.13 Å². The molecule has 1 saturated carbocycles. The molecule has 0 aromatic heterocycles. The van der Waals surface area contributed by atoms with Gasteiger partial charge in [-0.05, 0) is 76.6 Å². The van der Waals surface area contributed by atoms with Crippen LogP contribution in [0.5, 0.6) is 0 Å². The van der Waals surface area contributed by atoms with Gasteiger partial charge in [-0.2, -0.15) is 0 Å². The summed E-state index contributed by atoms with van der Waals surface area (Å²) in [7, 11) is 0. The van der Waals surface area contributed by atoms with E-state index in [-0.39, 0.29) is 11.6 Å². The van der Waals surface area contributed by atoms with Crippen LogP contribution in [0.25, 0.3) is 11.1 Å². The van der Waals surface area contributed by atoms with Crippen molar-refractivity contribution in [3.8, 4) is 11.1 Å². The highest BCUT2D eigenvalue weighted by molar-refractivity contribution is 14.1. The lowest BCUT2D eigenvalue weighted by Gasteiger charge is -2.26. The van der Waals surface area contributed by atoms with Crippen molar-refractivity contribution in [1.82, 2.24) is 0 Å². The molecule has 1 aliphatic rings. The highest BCUT2D eigenvalue weighted by Crippen LogP contribution is 2.37. The van der Waals surface area contributed by atoms with Crippen LogP contribution in [0, 0.1) is 21.1 Å². The van der Waals surface area contributed by atoms with Gasteiger partial charge in [0.25, 0.3) is 0 Å². The summed E-state index contributed by atoms with van der Waals surface area (Å²) in [5.41, 5.74) is 2.15. The summed E-state index contributed by atoms with van der Waals surface area (Å²) in [4.78, 5) is 0. The van der Waals surface area contributed by atoms with Crippen molar-refractivity contribution in [3.05, 3.63) is 57.2 Å². The van der Waals surface area contributed by atoms with Crippen molar-refractivity contribution in [2.45, 2.75) is 38.5 Å². The highest BCUT2D eigenvalue weighted by atomic mass is 127. The molecule has 0 unspecified atom stereocenters. The van der Waals surface area contributed by atoms with Gasteiger partial charge in [0.15, 0.2) is 0 Å². The van der Waals surface area contributed by atoms with Gasteiger partial charge < -0.3 is 0 Å². The molecular formula is C19H19F2I. The number of hydrogen-bond donors (Lipinski definition) is 0. The Bertz CT molecular complexity index is 673. The minimum atomic E-state index is -0.303. The van der Waals surface area contributed by atoms with Gasteiger partial charge in [0.1, 0.15) is 11.6 Å². The molecule has 1 fully saturated rings. The summed E-state index contributed by atoms with van der Waals surface area (Å²) in [6, 6.07) is 10.3. The predicted octanol–water partition coefficient (Wildman–Crippen LogP) is 6.53. The molecule has 1 aliphatic carbocycles. The summed E-state index contributed by atoms with van der Waals surface area (Å²) >= 11 is 1.94. The molecule has 0 bridgehead atoms. The largest absolute Gasteiger partial charge is 0.206 e. The van der Waals surface area contributed by atoms with E-state index < -0.39 is 0 Å². The zero-order chi connectivity index (χ0) is 15.7. The second-order valence-electron chi connectivity index (χ2n) is 6.32. The first-order valence-electron chi connectivity index (χ1n) is 7.79. The number of rotatable bonds is 2. The molecule has 2 aromatic rings. The molecule has 0 radical (unpaired) electrons.